The number of H-pyrrole nitrogens is 1. The highest BCUT2D eigenvalue weighted by Crippen LogP contribution is 2.17. The molecule has 0 saturated carbocycles. The quantitative estimate of drug-likeness (QED) is 0.306. The van der Waals surface area contributed by atoms with Gasteiger partial charge in [0.05, 0.1) is 12.9 Å². The van der Waals surface area contributed by atoms with Crippen molar-refractivity contribution in [1.29, 1.82) is 0 Å². The number of ether oxygens (including phenoxy) is 2. The van der Waals surface area contributed by atoms with Crippen LogP contribution in [0.4, 0.5) is 5.95 Å². The first-order valence-corrected chi connectivity index (χ1v) is 7.93. The van der Waals surface area contributed by atoms with Gasteiger partial charge in [-0.3, -0.25) is 19.1 Å². The van der Waals surface area contributed by atoms with E-state index < -0.39 is 28.8 Å². The van der Waals surface area contributed by atoms with Crippen LogP contribution in [-0.4, -0.2) is 50.0 Å². The van der Waals surface area contributed by atoms with E-state index in [0.717, 1.165) is 0 Å². The van der Waals surface area contributed by atoms with Gasteiger partial charge >= 0.3 is 5.97 Å². The van der Waals surface area contributed by atoms with Crippen LogP contribution in [-0.2, 0) is 25.8 Å². The van der Waals surface area contributed by atoms with Gasteiger partial charge in [0.1, 0.15) is 13.3 Å². The molecule has 2 rings (SSSR count). The third-order valence-corrected chi connectivity index (χ3v) is 4.02. The molecule has 1 unspecified atom stereocenters. The lowest BCUT2D eigenvalue weighted by Crippen LogP contribution is -2.58. The molecule has 0 radical (unpaired) electrons. The number of rotatable bonds is 8. The summed E-state index contributed by atoms with van der Waals surface area (Å²) in [6, 6.07) is 0. The molecule has 0 saturated heterocycles. The number of nitrogen functional groups attached to an aromatic ring is 1. The second-order valence-corrected chi connectivity index (χ2v) is 6.09. The zero-order valence-corrected chi connectivity index (χ0v) is 14.8. The van der Waals surface area contributed by atoms with Crippen molar-refractivity contribution in [2.75, 3.05) is 18.9 Å². The first kappa shape index (κ1) is 19.5. The summed E-state index contributed by atoms with van der Waals surface area (Å²) in [5.41, 5.74) is 9.68. The van der Waals surface area contributed by atoms with Gasteiger partial charge in [-0.25, -0.2) is 9.78 Å². The van der Waals surface area contributed by atoms with E-state index in [2.05, 4.69) is 15.0 Å². The highest BCUT2D eigenvalue weighted by Gasteiger charge is 2.43. The average molecular weight is 366 g/mol. The lowest BCUT2D eigenvalue weighted by molar-refractivity contribution is -0.157. The summed E-state index contributed by atoms with van der Waals surface area (Å²) in [6.45, 7) is 4.58. The van der Waals surface area contributed by atoms with Gasteiger partial charge in [0.15, 0.2) is 22.5 Å². The maximum Gasteiger partial charge on any atom is 0.334 e. The Kier molecular flexibility index (Phi) is 5.73. The summed E-state index contributed by atoms with van der Waals surface area (Å²) >= 11 is 0. The molecule has 0 spiro atoms. The van der Waals surface area contributed by atoms with Crippen LogP contribution < -0.4 is 17.0 Å². The molecule has 0 fully saturated rings. The molecule has 0 aliphatic heterocycles. The number of anilines is 1. The first-order valence-electron chi connectivity index (χ1n) is 7.93. The number of hydrogen-bond donors (Lipinski definition) is 3. The molecule has 0 amide bonds. The van der Waals surface area contributed by atoms with Crippen LogP contribution in [0.5, 0.6) is 0 Å². The van der Waals surface area contributed by atoms with Crippen LogP contribution in [0.15, 0.2) is 11.1 Å². The lowest BCUT2D eigenvalue weighted by Gasteiger charge is -2.28. The molecule has 0 aliphatic carbocycles. The van der Waals surface area contributed by atoms with Crippen LogP contribution in [0, 0.1) is 5.92 Å². The summed E-state index contributed by atoms with van der Waals surface area (Å²) < 4.78 is 11.9. The molecule has 1 atom stereocenters. The van der Waals surface area contributed by atoms with Crippen molar-refractivity contribution in [2.45, 2.75) is 33.0 Å². The molecular weight excluding hydrogens is 344 g/mol. The first-order chi connectivity index (χ1) is 12.2. The number of nitrogens with zero attached hydrogens (tertiary/aromatic N) is 3. The van der Waals surface area contributed by atoms with E-state index in [-0.39, 0.29) is 37.1 Å². The third-order valence-electron chi connectivity index (χ3n) is 4.02. The molecule has 26 heavy (non-hydrogen) atoms. The third kappa shape index (κ3) is 3.73. The number of imidazole rings is 1. The summed E-state index contributed by atoms with van der Waals surface area (Å²) in [6.07, 6.45) is 1.39. The number of carbonyl (C=O) groups excluding carboxylic acids is 2. The Morgan fingerprint density at radius 3 is 2.69 bits per heavy atom. The second-order valence-electron chi connectivity index (χ2n) is 6.09. The summed E-state index contributed by atoms with van der Waals surface area (Å²) in [4.78, 5) is 45.7. The monoisotopic (exact) mass is 366 g/mol. The van der Waals surface area contributed by atoms with Gasteiger partial charge in [-0.1, -0.05) is 13.8 Å². The molecule has 2 heterocycles. The SMILES string of the molecule is CC(=O)C(N)(C(=O)OCCOCn1cnc2c(=O)[nH]c(N)nc21)C(C)C. The number of carbonyl (C=O) groups is 2. The zero-order chi connectivity index (χ0) is 19.5. The van der Waals surface area contributed by atoms with Crippen molar-refractivity contribution in [3.05, 3.63) is 16.7 Å². The van der Waals surface area contributed by atoms with Crippen molar-refractivity contribution in [3.63, 3.8) is 0 Å². The lowest BCUT2D eigenvalue weighted by atomic mass is 9.84. The number of Topliss-reactive ketones (excluding diaryl/α,β-unsaturated/α-hetero) is 1. The maximum absolute atomic E-state index is 12.1. The zero-order valence-electron chi connectivity index (χ0n) is 14.8. The Morgan fingerprint density at radius 2 is 2.08 bits per heavy atom. The molecule has 0 bridgehead atoms. The highest BCUT2D eigenvalue weighted by molar-refractivity contribution is 6.07. The second kappa shape index (κ2) is 7.62. The fourth-order valence-electron chi connectivity index (χ4n) is 2.33. The molecular formula is C15H22N6O5. The van der Waals surface area contributed by atoms with Gasteiger partial charge in [-0.05, 0) is 12.8 Å². The minimum atomic E-state index is -1.68. The minimum absolute atomic E-state index is 0.0224. The summed E-state index contributed by atoms with van der Waals surface area (Å²) in [7, 11) is 0. The van der Waals surface area contributed by atoms with Gasteiger partial charge in [0, 0.05) is 0 Å². The van der Waals surface area contributed by atoms with Gasteiger partial charge < -0.3 is 20.9 Å². The van der Waals surface area contributed by atoms with Gasteiger partial charge in [0.2, 0.25) is 5.95 Å². The van der Waals surface area contributed by atoms with E-state index in [1.807, 2.05) is 0 Å². The molecule has 142 valence electrons. The molecule has 2 aromatic rings. The number of hydrogen-bond acceptors (Lipinski definition) is 9. The minimum Gasteiger partial charge on any atom is -0.462 e. The Labute approximate surface area is 148 Å². The van der Waals surface area contributed by atoms with Crippen molar-refractivity contribution < 1.29 is 19.1 Å². The Hall–Kier alpha value is -2.79. The van der Waals surface area contributed by atoms with E-state index in [4.69, 9.17) is 20.9 Å². The fourth-order valence-corrected chi connectivity index (χ4v) is 2.33. The van der Waals surface area contributed by atoms with Gasteiger partial charge in [-0.2, -0.15) is 4.98 Å². The molecule has 11 nitrogen and oxygen atoms in total. The summed E-state index contributed by atoms with van der Waals surface area (Å²) in [5, 5.41) is 0. The van der Waals surface area contributed by atoms with Crippen LogP contribution in [0.3, 0.4) is 0 Å². The van der Waals surface area contributed by atoms with Crippen molar-refractivity contribution in [3.8, 4) is 0 Å². The highest BCUT2D eigenvalue weighted by atomic mass is 16.6. The molecule has 11 heteroatoms. The van der Waals surface area contributed by atoms with Gasteiger partial charge in [0.25, 0.3) is 5.56 Å². The maximum atomic E-state index is 12.1. The molecule has 0 aliphatic rings. The van der Waals surface area contributed by atoms with Gasteiger partial charge in [-0.15, -0.1) is 0 Å². The number of nitrogens with one attached hydrogen (secondary N) is 1. The van der Waals surface area contributed by atoms with Crippen molar-refractivity contribution in [1.82, 2.24) is 19.5 Å². The number of aromatic nitrogens is 4. The van der Waals surface area contributed by atoms with Crippen LogP contribution in [0.2, 0.25) is 0 Å². The van der Waals surface area contributed by atoms with Crippen molar-refractivity contribution in [2.24, 2.45) is 11.7 Å². The predicted octanol–water partition coefficient (Wildman–Crippen LogP) is -0.838. The average Bonchev–Trinajstić information content (AvgIpc) is 2.96. The van der Waals surface area contributed by atoms with E-state index in [1.54, 1.807) is 13.8 Å². The number of ketones is 1. The fraction of sp³-hybridized carbons (Fsp3) is 0.533. The Balaban J connectivity index is 1.89. The van der Waals surface area contributed by atoms with Crippen LogP contribution in [0.1, 0.15) is 20.8 Å². The predicted molar refractivity (Wildman–Crippen MR) is 91.9 cm³/mol. The topological polar surface area (TPSA) is 168 Å². The molecule has 0 aromatic carbocycles. The molecule has 2 aromatic heterocycles. The number of fused-ring (bicyclic) bond motifs is 1. The van der Waals surface area contributed by atoms with E-state index >= 15 is 0 Å². The number of aromatic amines is 1. The smallest absolute Gasteiger partial charge is 0.334 e. The van der Waals surface area contributed by atoms with E-state index in [9.17, 15) is 14.4 Å². The standard InChI is InChI=1S/C15H22N6O5/c1-8(2)15(17,9(3)22)13(24)26-5-4-25-7-21-6-18-10-11(21)19-14(16)20-12(10)23/h6,8H,4-5,7,17H2,1-3H3,(H3,16,19,20,23). The summed E-state index contributed by atoms with van der Waals surface area (Å²) in [5.74, 6) is -1.69. The van der Waals surface area contributed by atoms with E-state index in [1.165, 1.54) is 17.8 Å². The Morgan fingerprint density at radius 1 is 1.38 bits per heavy atom. The molecule has 5 N–H and O–H groups in total. The van der Waals surface area contributed by atoms with Crippen LogP contribution in [0.25, 0.3) is 11.2 Å². The van der Waals surface area contributed by atoms with Crippen molar-refractivity contribution >= 4 is 28.9 Å². The Bertz CT molecular complexity index is 873. The largest absolute Gasteiger partial charge is 0.462 e. The van der Waals surface area contributed by atoms with E-state index in [0.29, 0.717) is 0 Å². The van der Waals surface area contributed by atoms with Crippen LogP contribution >= 0.6 is 0 Å². The number of nitrogens with two attached hydrogens (primary N) is 2. The normalized spacial score (nSPS) is 13.7. The number of esters is 1.